The van der Waals surface area contributed by atoms with Gasteiger partial charge in [-0.2, -0.15) is 0 Å². The summed E-state index contributed by atoms with van der Waals surface area (Å²) in [7, 11) is 0. The van der Waals surface area contributed by atoms with Crippen LogP contribution < -0.4 is 5.32 Å². The van der Waals surface area contributed by atoms with Crippen molar-refractivity contribution in [3.8, 4) is 0 Å². The fourth-order valence-electron chi connectivity index (χ4n) is 3.20. The molecule has 2 rings (SSSR count). The molecule has 0 bridgehead atoms. The van der Waals surface area contributed by atoms with Gasteiger partial charge in [0.2, 0.25) is 0 Å². The van der Waals surface area contributed by atoms with Crippen LogP contribution in [0.5, 0.6) is 0 Å². The topological polar surface area (TPSA) is 89.9 Å². The summed E-state index contributed by atoms with van der Waals surface area (Å²) in [5.74, 6) is -0.605. The number of likely N-dealkylation sites (tertiary alicyclic amines) is 1. The molecular weight excluding hydrogens is 248 g/mol. The molecule has 1 aliphatic carbocycles. The van der Waals surface area contributed by atoms with Crippen LogP contribution in [0.15, 0.2) is 0 Å². The molecule has 2 unspecified atom stereocenters. The third kappa shape index (κ3) is 3.37. The van der Waals surface area contributed by atoms with Gasteiger partial charge in [-0.1, -0.05) is 12.8 Å². The quantitative estimate of drug-likeness (QED) is 0.704. The van der Waals surface area contributed by atoms with E-state index >= 15 is 0 Å². The molecule has 0 radical (unpaired) electrons. The normalized spacial score (nSPS) is 27.7. The van der Waals surface area contributed by atoms with Gasteiger partial charge in [-0.15, -0.1) is 0 Å². The first-order valence-corrected chi connectivity index (χ1v) is 7.05. The largest absolute Gasteiger partial charge is 0.479 e. The summed E-state index contributed by atoms with van der Waals surface area (Å²) >= 11 is 0. The number of urea groups is 1. The van der Waals surface area contributed by atoms with Crippen molar-refractivity contribution in [2.45, 2.75) is 50.7 Å². The third-order valence-corrected chi connectivity index (χ3v) is 4.25. The number of hydrogen-bond acceptors (Lipinski definition) is 3. The number of carboxylic acids is 1. The van der Waals surface area contributed by atoms with E-state index in [4.69, 9.17) is 10.2 Å². The SMILES string of the molecule is O=C(O)[C@@H](O)CCNC(=O)N1CCC2CCCCC21. The second kappa shape index (κ2) is 6.23. The molecule has 0 aromatic rings. The lowest BCUT2D eigenvalue weighted by Crippen LogP contribution is -2.45. The highest BCUT2D eigenvalue weighted by molar-refractivity contribution is 5.75. The van der Waals surface area contributed by atoms with E-state index in [1.54, 1.807) is 0 Å². The smallest absolute Gasteiger partial charge is 0.332 e. The number of rotatable bonds is 4. The number of aliphatic hydroxyl groups excluding tert-OH is 1. The Balaban J connectivity index is 1.75. The van der Waals surface area contributed by atoms with E-state index in [1.807, 2.05) is 4.90 Å². The van der Waals surface area contributed by atoms with E-state index in [1.165, 1.54) is 19.3 Å². The van der Waals surface area contributed by atoms with Crippen LogP contribution in [0.1, 0.15) is 38.5 Å². The van der Waals surface area contributed by atoms with Crippen molar-refractivity contribution < 1.29 is 19.8 Å². The second-order valence-corrected chi connectivity index (χ2v) is 5.47. The van der Waals surface area contributed by atoms with E-state index < -0.39 is 12.1 Å². The summed E-state index contributed by atoms with van der Waals surface area (Å²) < 4.78 is 0. The summed E-state index contributed by atoms with van der Waals surface area (Å²) in [5, 5.41) is 20.4. The Hall–Kier alpha value is -1.30. The van der Waals surface area contributed by atoms with Crippen molar-refractivity contribution in [3.05, 3.63) is 0 Å². The van der Waals surface area contributed by atoms with Gasteiger partial charge in [0.1, 0.15) is 0 Å². The number of nitrogens with zero attached hydrogens (tertiary/aromatic N) is 1. The van der Waals surface area contributed by atoms with Crippen LogP contribution in [0.3, 0.4) is 0 Å². The molecule has 2 aliphatic rings. The molecule has 0 spiro atoms. The number of aliphatic carboxylic acids is 1. The van der Waals surface area contributed by atoms with Crippen LogP contribution >= 0.6 is 0 Å². The van der Waals surface area contributed by atoms with E-state index in [0.29, 0.717) is 12.0 Å². The van der Waals surface area contributed by atoms with Gasteiger partial charge >= 0.3 is 12.0 Å². The number of carbonyl (C=O) groups is 2. The van der Waals surface area contributed by atoms with Gasteiger partial charge in [0, 0.05) is 25.6 Å². The minimum Gasteiger partial charge on any atom is -0.479 e. The first kappa shape index (κ1) is 14.1. The van der Waals surface area contributed by atoms with Gasteiger partial charge in [0.05, 0.1) is 0 Å². The molecule has 6 nitrogen and oxygen atoms in total. The van der Waals surface area contributed by atoms with Gasteiger partial charge in [-0.25, -0.2) is 9.59 Å². The van der Waals surface area contributed by atoms with Gasteiger partial charge in [-0.05, 0) is 25.2 Å². The maximum absolute atomic E-state index is 12.0. The predicted molar refractivity (Wildman–Crippen MR) is 68.7 cm³/mol. The van der Waals surface area contributed by atoms with Crippen LogP contribution in [0.2, 0.25) is 0 Å². The Labute approximate surface area is 112 Å². The lowest BCUT2D eigenvalue weighted by molar-refractivity contribution is -0.146. The molecule has 1 aliphatic heterocycles. The van der Waals surface area contributed by atoms with E-state index in [-0.39, 0.29) is 19.0 Å². The Morgan fingerprint density at radius 1 is 1.26 bits per heavy atom. The van der Waals surface area contributed by atoms with Crippen molar-refractivity contribution in [1.29, 1.82) is 0 Å². The maximum atomic E-state index is 12.0. The molecule has 0 aromatic carbocycles. The van der Waals surface area contributed by atoms with E-state index in [0.717, 1.165) is 19.4 Å². The molecule has 1 saturated carbocycles. The lowest BCUT2D eigenvalue weighted by Gasteiger charge is -2.31. The van der Waals surface area contributed by atoms with Gasteiger partial charge in [-0.3, -0.25) is 0 Å². The number of carbonyl (C=O) groups excluding carboxylic acids is 1. The second-order valence-electron chi connectivity index (χ2n) is 5.47. The number of fused-ring (bicyclic) bond motifs is 1. The zero-order valence-corrected chi connectivity index (χ0v) is 11.0. The third-order valence-electron chi connectivity index (χ3n) is 4.25. The average Bonchev–Trinajstić information content (AvgIpc) is 2.82. The molecule has 2 fully saturated rings. The zero-order valence-electron chi connectivity index (χ0n) is 11.0. The van der Waals surface area contributed by atoms with Gasteiger partial charge < -0.3 is 20.4 Å². The molecule has 3 N–H and O–H groups in total. The summed E-state index contributed by atoms with van der Waals surface area (Å²) in [6, 6.07) is 0.241. The number of aliphatic hydroxyl groups is 1. The Bertz CT molecular complexity index is 348. The van der Waals surface area contributed by atoms with Crippen LogP contribution in [0.25, 0.3) is 0 Å². The maximum Gasteiger partial charge on any atom is 0.332 e. The highest BCUT2D eigenvalue weighted by atomic mass is 16.4. The van der Waals surface area contributed by atoms with Gasteiger partial charge in [0.25, 0.3) is 0 Å². The molecule has 6 heteroatoms. The van der Waals surface area contributed by atoms with Crippen LogP contribution in [0.4, 0.5) is 4.79 Å². The highest BCUT2D eigenvalue weighted by Crippen LogP contribution is 2.35. The minimum atomic E-state index is -1.40. The molecule has 19 heavy (non-hydrogen) atoms. The summed E-state index contributed by atoms with van der Waals surface area (Å²) in [6.07, 6.45) is 4.46. The van der Waals surface area contributed by atoms with Crippen molar-refractivity contribution in [2.24, 2.45) is 5.92 Å². The lowest BCUT2D eigenvalue weighted by atomic mass is 9.85. The first-order chi connectivity index (χ1) is 9.09. The van der Waals surface area contributed by atoms with Crippen molar-refractivity contribution in [2.75, 3.05) is 13.1 Å². The fourth-order valence-corrected chi connectivity index (χ4v) is 3.20. The van der Waals surface area contributed by atoms with E-state index in [2.05, 4.69) is 5.32 Å². The molecule has 3 atom stereocenters. The highest BCUT2D eigenvalue weighted by Gasteiger charge is 2.37. The van der Waals surface area contributed by atoms with Gasteiger partial charge in [0.15, 0.2) is 6.10 Å². The van der Waals surface area contributed by atoms with Crippen molar-refractivity contribution in [3.63, 3.8) is 0 Å². The fraction of sp³-hybridized carbons (Fsp3) is 0.846. The number of amides is 2. The minimum absolute atomic E-state index is 0.0447. The van der Waals surface area contributed by atoms with Crippen molar-refractivity contribution >= 4 is 12.0 Å². The van der Waals surface area contributed by atoms with E-state index in [9.17, 15) is 9.59 Å². The Morgan fingerprint density at radius 3 is 2.74 bits per heavy atom. The Morgan fingerprint density at radius 2 is 2.00 bits per heavy atom. The molecule has 0 aromatic heterocycles. The molecule has 1 heterocycles. The van der Waals surface area contributed by atoms with Crippen LogP contribution in [-0.4, -0.2) is 52.3 Å². The predicted octanol–water partition coefficient (Wildman–Crippen LogP) is 0.796. The number of nitrogens with one attached hydrogen (secondary N) is 1. The first-order valence-electron chi connectivity index (χ1n) is 7.05. The Kier molecular flexibility index (Phi) is 4.63. The molecule has 1 saturated heterocycles. The van der Waals surface area contributed by atoms with Crippen LogP contribution in [0, 0.1) is 5.92 Å². The summed E-state index contributed by atoms with van der Waals surface area (Å²) in [4.78, 5) is 24.4. The average molecular weight is 270 g/mol. The van der Waals surface area contributed by atoms with Crippen molar-refractivity contribution in [1.82, 2.24) is 10.2 Å². The summed E-state index contributed by atoms with van der Waals surface area (Å²) in [6.45, 7) is 0.989. The summed E-state index contributed by atoms with van der Waals surface area (Å²) in [5.41, 5.74) is 0. The standard InChI is InChI=1S/C13H22N2O4/c16-11(12(17)18)5-7-14-13(19)15-8-6-9-3-1-2-4-10(9)15/h9-11,16H,1-8H2,(H,14,19)(H,17,18)/t9?,10?,11-/m0/s1. The molecule has 2 amide bonds. The zero-order chi connectivity index (χ0) is 13.8. The number of carboxylic acid groups (broad SMARTS) is 1. The monoisotopic (exact) mass is 270 g/mol. The molecule has 108 valence electrons. The molecular formula is C13H22N2O4. The van der Waals surface area contributed by atoms with Crippen LogP contribution in [-0.2, 0) is 4.79 Å². The number of hydrogen-bond donors (Lipinski definition) is 3.